The Hall–Kier alpha value is -3.28. The SMILES string of the molecule is Cc1ccc(-c2ccc3c(c2)OCCC3CNc2cnccc2C(=O)O)o1. The van der Waals surface area contributed by atoms with E-state index in [9.17, 15) is 9.90 Å². The van der Waals surface area contributed by atoms with Crippen molar-refractivity contribution >= 4 is 11.7 Å². The lowest BCUT2D eigenvalue weighted by Crippen LogP contribution is -2.21. The van der Waals surface area contributed by atoms with Crippen molar-refractivity contribution in [3.63, 3.8) is 0 Å². The number of carboxylic acid groups (broad SMARTS) is 1. The highest BCUT2D eigenvalue weighted by Crippen LogP contribution is 2.37. The van der Waals surface area contributed by atoms with Gasteiger partial charge in [-0.25, -0.2) is 4.79 Å². The Labute approximate surface area is 156 Å². The molecule has 1 aliphatic rings. The van der Waals surface area contributed by atoms with Gasteiger partial charge in [-0.15, -0.1) is 0 Å². The number of furan rings is 1. The molecule has 0 amide bonds. The molecule has 27 heavy (non-hydrogen) atoms. The van der Waals surface area contributed by atoms with Gasteiger partial charge < -0.3 is 19.6 Å². The van der Waals surface area contributed by atoms with Gasteiger partial charge in [-0.05, 0) is 43.2 Å². The number of aromatic carboxylic acids is 1. The van der Waals surface area contributed by atoms with Gasteiger partial charge >= 0.3 is 5.97 Å². The topological polar surface area (TPSA) is 84.6 Å². The van der Waals surface area contributed by atoms with Crippen LogP contribution in [0.2, 0.25) is 0 Å². The lowest BCUT2D eigenvalue weighted by atomic mass is 9.91. The molecule has 2 N–H and O–H groups in total. The fraction of sp³-hybridized carbons (Fsp3) is 0.238. The molecule has 1 aromatic carbocycles. The lowest BCUT2D eigenvalue weighted by Gasteiger charge is -2.27. The summed E-state index contributed by atoms with van der Waals surface area (Å²) in [6.45, 7) is 3.16. The number of aromatic nitrogens is 1. The first-order valence-corrected chi connectivity index (χ1v) is 8.86. The van der Waals surface area contributed by atoms with E-state index in [1.165, 1.54) is 12.3 Å². The van der Waals surface area contributed by atoms with Gasteiger partial charge in [0, 0.05) is 24.2 Å². The molecule has 0 bridgehead atoms. The van der Waals surface area contributed by atoms with Crippen LogP contribution in [0.15, 0.2) is 53.2 Å². The summed E-state index contributed by atoms with van der Waals surface area (Å²) in [4.78, 5) is 15.4. The number of nitrogens with zero attached hydrogens (tertiary/aromatic N) is 1. The molecule has 0 aliphatic carbocycles. The van der Waals surface area contributed by atoms with E-state index in [4.69, 9.17) is 9.15 Å². The van der Waals surface area contributed by atoms with Crippen LogP contribution in [0.1, 0.15) is 34.0 Å². The maximum absolute atomic E-state index is 11.3. The highest BCUT2D eigenvalue weighted by atomic mass is 16.5. The normalized spacial score (nSPS) is 15.7. The van der Waals surface area contributed by atoms with Crippen molar-refractivity contribution in [3.05, 3.63) is 65.7 Å². The molecule has 0 radical (unpaired) electrons. The predicted octanol–water partition coefficient (Wildman–Crippen LogP) is 4.33. The first-order chi connectivity index (χ1) is 13.1. The Morgan fingerprint density at radius 3 is 2.96 bits per heavy atom. The molecule has 0 saturated heterocycles. The predicted molar refractivity (Wildman–Crippen MR) is 101 cm³/mol. The number of ether oxygens (including phenoxy) is 1. The minimum absolute atomic E-state index is 0.223. The van der Waals surface area contributed by atoms with Gasteiger partial charge in [0.25, 0.3) is 0 Å². The van der Waals surface area contributed by atoms with E-state index in [0.717, 1.165) is 34.8 Å². The summed E-state index contributed by atoms with van der Waals surface area (Å²) in [6.07, 6.45) is 3.89. The second kappa shape index (κ2) is 7.15. The highest BCUT2D eigenvalue weighted by molar-refractivity contribution is 5.93. The molecular weight excluding hydrogens is 344 g/mol. The molecule has 6 heteroatoms. The standard InChI is InChI=1S/C21H20N2O4/c1-13-2-5-19(27-13)14-3-4-16-15(7-9-26-20(16)10-14)11-23-18-12-22-8-6-17(18)21(24)25/h2-6,8,10,12,15,23H,7,9,11H2,1H3,(H,24,25). The summed E-state index contributed by atoms with van der Waals surface area (Å²) in [5.74, 6) is 1.80. The molecule has 2 aromatic heterocycles. The number of benzene rings is 1. The van der Waals surface area contributed by atoms with Crippen LogP contribution in [0.3, 0.4) is 0 Å². The number of pyridine rings is 1. The minimum Gasteiger partial charge on any atom is -0.493 e. The Morgan fingerprint density at radius 1 is 1.30 bits per heavy atom. The summed E-state index contributed by atoms with van der Waals surface area (Å²) in [6, 6.07) is 11.5. The zero-order chi connectivity index (χ0) is 18.8. The van der Waals surface area contributed by atoms with E-state index in [2.05, 4.69) is 16.4 Å². The molecule has 3 heterocycles. The Bertz CT molecular complexity index is 980. The largest absolute Gasteiger partial charge is 0.493 e. The van der Waals surface area contributed by atoms with Gasteiger partial charge in [0.05, 0.1) is 24.1 Å². The van der Waals surface area contributed by atoms with Gasteiger partial charge in [0.15, 0.2) is 0 Å². The third-order valence-electron chi connectivity index (χ3n) is 4.79. The van der Waals surface area contributed by atoms with Gasteiger partial charge in [-0.2, -0.15) is 0 Å². The zero-order valence-corrected chi connectivity index (χ0v) is 14.9. The molecule has 1 aliphatic heterocycles. The number of carbonyl (C=O) groups is 1. The molecule has 3 aromatic rings. The third-order valence-corrected chi connectivity index (χ3v) is 4.79. The summed E-state index contributed by atoms with van der Waals surface area (Å²) >= 11 is 0. The number of hydrogen-bond donors (Lipinski definition) is 2. The molecular formula is C21H20N2O4. The first kappa shape index (κ1) is 17.1. The minimum atomic E-state index is -0.967. The van der Waals surface area contributed by atoms with Crippen LogP contribution in [0.4, 0.5) is 5.69 Å². The first-order valence-electron chi connectivity index (χ1n) is 8.86. The summed E-state index contributed by atoms with van der Waals surface area (Å²) in [5, 5.41) is 12.5. The molecule has 1 atom stereocenters. The fourth-order valence-corrected chi connectivity index (χ4v) is 3.37. The number of carboxylic acids is 1. The number of hydrogen-bond acceptors (Lipinski definition) is 5. The smallest absolute Gasteiger partial charge is 0.337 e. The average Bonchev–Trinajstić information content (AvgIpc) is 3.12. The summed E-state index contributed by atoms with van der Waals surface area (Å²) in [5.41, 5.74) is 2.85. The van der Waals surface area contributed by atoms with Crippen molar-refractivity contribution in [1.29, 1.82) is 0 Å². The molecule has 4 rings (SSSR count). The lowest BCUT2D eigenvalue weighted by molar-refractivity contribution is 0.0697. The van der Waals surface area contributed by atoms with Crippen LogP contribution < -0.4 is 10.1 Å². The molecule has 138 valence electrons. The van der Waals surface area contributed by atoms with Crippen molar-refractivity contribution in [3.8, 4) is 17.1 Å². The molecule has 6 nitrogen and oxygen atoms in total. The van der Waals surface area contributed by atoms with E-state index in [0.29, 0.717) is 18.8 Å². The Kier molecular flexibility index (Phi) is 4.54. The number of nitrogens with one attached hydrogen (secondary N) is 1. The van der Waals surface area contributed by atoms with Gasteiger partial charge in [-0.3, -0.25) is 4.98 Å². The molecule has 0 spiro atoms. The van der Waals surface area contributed by atoms with Crippen LogP contribution in [0.5, 0.6) is 5.75 Å². The molecule has 1 unspecified atom stereocenters. The van der Waals surface area contributed by atoms with Crippen molar-refractivity contribution in [1.82, 2.24) is 4.98 Å². The third kappa shape index (κ3) is 3.51. The quantitative estimate of drug-likeness (QED) is 0.701. The van der Waals surface area contributed by atoms with Crippen molar-refractivity contribution < 1.29 is 19.1 Å². The maximum Gasteiger partial charge on any atom is 0.337 e. The summed E-state index contributed by atoms with van der Waals surface area (Å²) in [7, 11) is 0. The van der Waals surface area contributed by atoms with Crippen LogP contribution in [0, 0.1) is 6.92 Å². The van der Waals surface area contributed by atoms with Crippen LogP contribution >= 0.6 is 0 Å². The van der Waals surface area contributed by atoms with Crippen LogP contribution in [-0.2, 0) is 0 Å². The van der Waals surface area contributed by atoms with Crippen molar-refractivity contribution in [2.24, 2.45) is 0 Å². The highest BCUT2D eigenvalue weighted by Gasteiger charge is 2.23. The van der Waals surface area contributed by atoms with Crippen LogP contribution in [0.25, 0.3) is 11.3 Å². The fourth-order valence-electron chi connectivity index (χ4n) is 3.37. The number of rotatable bonds is 5. The van der Waals surface area contributed by atoms with E-state index in [1.807, 2.05) is 31.2 Å². The van der Waals surface area contributed by atoms with Gasteiger partial charge in [-0.1, -0.05) is 12.1 Å². The van der Waals surface area contributed by atoms with E-state index >= 15 is 0 Å². The van der Waals surface area contributed by atoms with Gasteiger partial charge in [0.1, 0.15) is 17.3 Å². The second-order valence-corrected chi connectivity index (χ2v) is 6.60. The second-order valence-electron chi connectivity index (χ2n) is 6.60. The number of aryl methyl sites for hydroxylation is 1. The molecule has 0 fully saturated rings. The van der Waals surface area contributed by atoms with Crippen molar-refractivity contribution in [2.75, 3.05) is 18.5 Å². The van der Waals surface area contributed by atoms with E-state index in [-0.39, 0.29) is 11.5 Å². The Balaban J connectivity index is 1.54. The monoisotopic (exact) mass is 364 g/mol. The van der Waals surface area contributed by atoms with E-state index in [1.54, 1.807) is 6.20 Å². The average molecular weight is 364 g/mol. The Morgan fingerprint density at radius 2 is 2.19 bits per heavy atom. The van der Waals surface area contributed by atoms with E-state index < -0.39 is 5.97 Å². The molecule has 0 saturated carbocycles. The zero-order valence-electron chi connectivity index (χ0n) is 14.9. The van der Waals surface area contributed by atoms with Crippen LogP contribution in [-0.4, -0.2) is 29.2 Å². The summed E-state index contributed by atoms with van der Waals surface area (Å²) < 4.78 is 11.6. The van der Waals surface area contributed by atoms with Gasteiger partial charge in [0.2, 0.25) is 0 Å². The maximum atomic E-state index is 11.3. The number of fused-ring (bicyclic) bond motifs is 1. The number of anilines is 1. The van der Waals surface area contributed by atoms with Crippen molar-refractivity contribution in [2.45, 2.75) is 19.3 Å².